The van der Waals surface area contributed by atoms with Gasteiger partial charge in [0.25, 0.3) is 0 Å². The van der Waals surface area contributed by atoms with E-state index in [0.29, 0.717) is 17.1 Å². The van der Waals surface area contributed by atoms with Gasteiger partial charge in [0.15, 0.2) is 17.1 Å². The first-order valence-corrected chi connectivity index (χ1v) is 10.4. The van der Waals surface area contributed by atoms with Gasteiger partial charge in [-0.05, 0) is 43.5 Å². The number of methoxy groups -OCH3 is 2. The van der Waals surface area contributed by atoms with Gasteiger partial charge in [0.05, 0.1) is 32.1 Å². The molecule has 1 amide bonds. The molecular formula is C23H27N5O3. The number of nitrogens with one attached hydrogen (secondary N) is 1. The molecule has 1 unspecified atom stereocenters. The maximum absolute atomic E-state index is 12.9. The van der Waals surface area contributed by atoms with E-state index < -0.39 is 0 Å². The molecule has 1 saturated heterocycles. The van der Waals surface area contributed by atoms with Crippen molar-refractivity contribution in [2.24, 2.45) is 5.92 Å². The first-order chi connectivity index (χ1) is 15.1. The highest BCUT2D eigenvalue weighted by molar-refractivity contribution is 5.79. The molecule has 1 aromatic carbocycles. The maximum atomic E-state index is 12.9. The lowest BCUT2D eigenvalue weighted by molar-refractivity contribution is -0.126. The van der Waals surface area contributed by atoms with Crippen molar-refractivity contribution in [2.45, 2.75) is 25.8 Å². The van der Waals surface area contributed by atoms with Crippen molar-refractivity contribution >= 4 is 22.8 Å². The van der Waals surface area contributed by atoms with Crippen LogP contribution in [0.2, 0.25) is 0 Å². The molecule has 0 radical (unpaired) electrons. The number of hydrogen-bond acceptors (Lipinski definition) is 7. The summed E-state index contributed by atoms with van der Waals surface area (Å²) in [6.07, 6.45) is 6.73. The predicted octanol–water partition coefficient (Wildman–Crippen LogP) is 3.14. The molecule has 1 atom stereocenters. The van der Waals surface area contributed by atoms with E-state index in [9.17, 15) is 4.79 Å². The van der Waals surface area contributed by atoms with Gasteiger partial charge in [-0.2, -0.15) is 0 Å². The van der Waals surface area contributed by atoms with Crippen LogP contribution in [0.25, 0.3) is 11.2 Å². The van der Waals surface area contributed by atoms with Crippen LogP contribution in [-0.2, 0) is 4.79 Å². The molecule has 0 saturated carbocycles. The molecule has 0 aliphatic carbocycles. The summed E-state index contributed by atoms with van der Waals surface area (Å²) in [5.41, 5.74) is 3.42. The number of pyridine rings is 1. The fourth-order valence-electron chi connectivity index (χ4n) is 3.96. The minimum atomic E-state index is -0.117. The average molecular weight is 422 g/mol. The van der Waals surface area contributed by atoms with E-state index in [-0.39, 0.29) is 17.9 Å². The molecule has 8 nitrogen and oxygen atoms in total. The van der Waals surface area contributed by atoms with E-state index in [4.69, 9.17) is 9.47 Å². The molecule has 3 heterocycles. The molecule has 1 fully saturated rings. The van der Waals surface area contributed by atoms with Crippen LogP contribution >= 0.6 is 0 Å². The number of carbonyl (C=O) groups is 1. The fraction of sp³-hybridized carbons (Fsp3) is 0.391. The van der Waals surface area contributed by atoms with Crippen LogP contribution < -0.4 is 19.7 Å². The minimum Gasteiger partial charge on any atom is -0.493 e. The number of rotatable bonds is 6. The average Bonchev–Trinajstić information content (AvgIpc) is 2.83. The Morgan fingerprint density at radius 1 is 1.06 bits per heavy atom. The highest BCUT2D eigenvalue weighted by atomic mass is 16.5. The molecule has 1 aliphatic rings. The molecule has 3 aromatic rings. The van der Waals surface area contributed by atoms with Crippen molar-refractivity contribution in [3.05, 3.63) is 48.4 Å². The zero-order valence-corrected chi connectivity index (χ0v) is 18.0. The van der Waals surface area contributed by atoms with Gasteiger partial charge >= 0.3 is 0 Å². The standard InChI is InChI=1S/C23H27N5O3/c1-15(17-4-5-20(30-2)21(12-17)31-3)27-23(29)16-6-10-28(11-7-16)18-13-19-22(26-14-18)25-9-8-24-19/h4-5,8-9,12-16H,6-7,10-11H2,1-3H3,(H,27,29). The lowest BCUT2D eigenvalue weighted by Crippen LogP contribution is -2.41. The summed E-state index contributed by atoms with van der Waals surface area (Å²) in [6.45, 7) is 3.59. The van der Waals surface area contributed by atoms with E-state index in [1.807, 2.05) is 37.4 Å². The summed E-state index contributed by atoms with van der Waals surface area (Å²) >= 11 is 0. The Bertz CT molecular complexity index is 1070. The second-order valence-electron chi connectivity index (χ2n) is 7.70. The molecular weight excluding hydrogens is 394 g/mol. The zero-order chi connectivity index (χ0) is 21.8. The first-order valence-electron chi connectivity index (χ1n) is 10.4. The molecule has 31 heavy (non-hydrogen) atoms. The lowest BCUT2D eigenvalue weighted by Gasteiger charge is -2.33. The molecule has 2 aromatic heterocycles. The molecule has 0 spiro atoms. The third-order valence-corrected chi connectivity index (χ3v) is 5.81. The Balaban J connectivity index is 1.35. The number of aromatic nitrogens is 3. The van der Waals surface area contributed by atoms with Gasteiger partial charge in [0.2, 0.25) is 5.91 Å². The number of fused-ring (bicyclic) bond motifs is 1. The van der Waals surface area contributed by atoms with Crippen molar-refractivity contribution in [3.63, 3.8) is 0 Å². The third kappa shape index (κ3) is 4.52. The molecule has 4 rings (SSSR count). The second kappa shape index (κ2) is 9.16. The van der Waals surface area contributed by atoms with E-state index in [1.54, 1.807) is 26.6 Å². The molecule has 8 heteroatoms. The third-order valence-electron chi connectivity index (χ3n) is 5.81. The Morgan fingerprint density at radius 3 is 2.55 bits per heavy atom. The fourth-order valence-corrected chi connectivity index (χ4v) is 3.96. The Kier molecular flexibility index (Phi) is 6.16. The first kappa shape index (κ1) is 20.8. The van der Waals surface area contributed by atoms with Gasteiger partial charge in [-0.15, -0.1) is 0 Å². The Hall–Kier alpha value is -3.42. The number of carbonyl (C=O) groups excluding carboxylic acids is 1. The summed E-state index contributed by atoms with van der Waals surface area (Å²) in [6, 6.07) is 7.60. The van der Waals surface area contributed by atoms with Crippen LogP contribution in [0.5, 0.6) is 11.5 Å². The molecule has 1 N–H and O–H groups in total. The number of benzene rings is 1. The number of nitrogens with zero attached hydrogens (tertiary/aromatic N) is 4. The minimum absolute atomic E-state index is 0.00736. The summed E-state index contributed by atoms with van der Waals surface area (Å²) in [7, 11) is 3.22. The Morgan fingerprint density at radius 2 is 1.81 bits per heavy atom. The number of amides is 1. The number of ether oxygens (including phenoxy) is 2. The maximum Gasteiger partial charge on any atom is 0.223 e. The number of hydrogen-bond donors (Lipinski definition) is 1. The summed E-state index contributed by atoms with van der Waals surface area (Å²) in [4.78, 5) is 28.1. The van der Waals surface area contributed by atoms with E-state index in [1.165, 1.54) is 0 Å². The second-order valence-corrected chi connectivity index (χ2v) is 7.70. The van der Waals surface area contributed by atoms with Gasteiger partial charge < -0.3 is 19.7 Å². The van der Waals surface area contributed by atoms with Gasteiger partial charge in [0, 0.05) is 31.4 Å². The highest BCUT2D eigenvalue weighted by Crippen LogP contribution is 2.30. The van der Waals surface area contributed by atoms with E-state index >= 15 is 0 Å². The van der Waals surface area contributed by atoms with Crippen LogP contribution in [0.4, 0.5) is 5.69 Å². The van der Waals surface area contributed by atoms with Crippen LogP contribution in [0.1, 0.15) is 31.4 Å². The number of anilines is 1. The van der Waals surface area contributed by atoms with Crippen molar-refractivity contribution in [2.75, 3.05) is 32.2 Å². The van der Waals surface area contributed by atoms with E-state index in [0.717, 1.165) is 42.7 Å². The van der Waals surface area contributed by atoms with Crippen LogP contribution in [0, 0.1) is 5.92 Å². The van der Waals surface area contributed by atoms with Crippen molar-refractivity contribution in [1.29, 1.82) is 0 Å². The smallest absolute Gasteiger partial charge is 0.223 e. The monoisotopic (exact) mass is 421 g/mol. The quantitative estimate of drug-likeness (QED) is 0.654. The normalized spacial score (nSPS) is 15.5. The SMILES string of the molecule is COc1ccc(C(C)NC(=O)C2CCN(c3cnc4nccnc4c3)CC2)cc1OC. The van der Waals surface area contributed by atoms with Gasteiger partial charge in [0.1, 0.15) is 5.52 Å². The van der Waals surface area contributed by atoms with Crippen LogP contribution in [-0.4, -0.2) is 48.2 Å². The van der Waals surface area contributed by atoms with Gasteiger partial charge in [-0.1, -0.05) is 6.07 Å². The van der Waals surface area contributed by atoms with Crippen molar-refractivity contribution < 1.29 is 14.3 Å². The zero-order valence-electron chi connectivity index (χ0n) is 18.0. The van der Waals surface area contributed by atoms with Crippen molar-refractivity contribution in [3.8, 4) is 11.5 Å². The summed E-state index contributed by atoms with van der Waals surface area (Å²) in [5, 5.41) is 3.15. The largest absolute Gasteiger partial charge is 0.493 e. The Labute approximate surface area is 181 Å². The summed E-state index contributed by atoms with van der Waals surface area (Å²) < 4.78 is 10.7. The number of piperidine rings is 1. The summed E-state index contributed by atoms with van der Waals surface area (Å²) in [5.74, 6) is 1.41. The van der Waals surface area contributed by atoms with Crippen molar-refractivity contribution in [1.82, 2.24) is 20.3 Å². The molecule has 0 bridgehead atoms. The van der Waals surface area contributed by atoms with Gasteiger partial charge in [-0.3, -0.25) is 9.78 Å². The van der Waals surface area contributed by atoms with Crippen LogP contribution in [0.15, 0.2) is 42.9 Å². The highest BCUT2D eigenvalue weighted by Gasteiger charge is 2.26. The molecule has 162 valence electrons. The topological polar surface area (TPSA) is 89.5 Å². The van der Waals surface area contributed by atoms with Crippen LogP contribution in [0.3, 0.4) is 0 Å². The predicted molar refractivity (Wildman–Crippen MR) is 118 cm³/mol. The molecule has 1 aliphatic heterocycles. The lowest BCUT2D eigenvalue weighted by atomic mass is 9.95. The van der Waals surface area contributed by atoms with E-state index in [2.05, 4.69) is 25.2 Å². The van der Waals surface area contributed by atoms with Gasteiger partial charge in [-0.25, -0.2) is 9.97 Å².